The quantitative estimate of drug-likeness (QED) is 0.267. The van der Waals surface area contributed by atoms with Crippen molar-refractivity contribution >= 4 is 53.5 Å². The lowest BCUT2D eigenvalue weighted by atomic mass is 9.98. The molecule has 0 saturated heterocycles. The van der Waals surface area contributed by atoms with Crippen molar-refractivity contribution in [2.45, 2.75) is 25.2 Å². The van der Waals surface area contributed by atoms with Crippen LogP contribution in [-0.4, -0.2) is 19.3 Å². The number of aromatic amines is 1. The second-order valence-corrected chi connectivity index (χ2v) is 11.1. The Morgan fingerprint density at radius 1 is 0.914 bits per heavy atom. The van der Waals surface area contributed by atoms with E-state index in [0.29, 0.717) is 6.42 Å². The summed E-state index contributed by atoms with van der Waals surface area (Å²) in [5.41, 5.74) is 5.31. The number of fused-ring (bicyclic) bond motifs is 2. The minimum absolute atomic E-state index is 0.0526. The summed E-state index contributed by atoms with van der Waals surface area (Å²) in [5, 5.41) is 3.19. The number of rotatable bonds is 5. The van der Waals surface area contributed by atoms with Crippen LogP contribution in [0, 0.1) is 13.8 Å². The van der Waals surface area contributed by atoms with Crippen LogP contribution in [0.4, 0.5) is 0 Å². The monoisotopic (exact) mass is 546 g/mol. The van der Waals surface area contributed by atoms with Gasteiger partial charge in [0.15, 0.2) is 0 Å². The number of sulfonamides is 1. The number of carbonyl (C=O) groups excluding carboxylic acids is 1. The number of nitrogens with one attached hydrogen (secondary N) is 2. The van der Waals surface area contributed by atoms with E-state index in [1.165, 1.54) is 12.1 Å². The van der Waals surface area contributed by atoms with E-state index in [4.69, 9.17) is 0 Å². The third-order valence-electron chi connectivity index (χ3n) is 6.25. The molecule has 0 aliphatic rings. The van der Waals surface area contributed by atoms with Crippen LogP contribution < -0.4 is 4.72 Å². The highest BCUT2D eigenvalue weighted by atomic mass is 79.9. The van der Waals surface area contributed by atoms with Gasteiger partial charge in [-0.1, -0.05) is 54.1 Å². The van der Waals surface area contributed by atoms with Crippen LogP contribution in [0.15, 0.2) is 88.2 Å². The van der Waals surface area contributed by atoms with Crippen LogP contribution >= 0.6 is 15.9 Å². The minimum Gasteiger partial charge on any atom is -0.358 e. The molecule has 1 heterocycles. The second kappa shape index (κ2) is 8.98. The maximum atomic E-state index is 12.9. The minimum atomic E-state index is -3.97. The first kappa shape index (κ1) is 23.3. The van der Waals surface area contributed by atoms with E-state index in [0.717, 1.165) is 48.5 Å². The predicted molar refractivity (Wildman–Crippen MR) is 143 cm³/mol. The Bertz CT molecular complexity index is 1700. The van der Waals surface area contributed by atoms with Crippen LogP contribution in [0.3, 0.4) is 0 Å². The van der Waals surface area contributed by atoms with Gasteiger partial charge in [0, 0.05) is 33.1 Å². The molecule has 0 bridgehead atoms. The number of amides is 1. The lowest BCUT2D eigenvalue weighted by Gasteiger charge is -2.10. The molecule has 0 aliphatic carbocycles. The van der Waals surface area contributed by atoms with Crippen molar-refractivity contribution in [1.29, 1.82) is 0 Å². The summed E-state index contributed by atoms with van der Waals surface area (Å²) < 4.78 is 28.6. The van der Waals surface area contributed by atoms with Crippen LogP contribution in [0.1, 0.15) is 32.7 Å². The first-order valence-electron chi connectivity index (χ1n) is 11.1. The molecule has 35 heavy (non-hydrogen) atoms. The highest BCUT2D eigenvalue weighted by Crippen LogP contribution is 2.32. The van der Waals surface area contributed by atoms with Gasteiger partial charge in [-0.15, -0.1) is 0 Å². The van der Waals surface area contributed by atoms with Gasteiger partial charge < -0.3 is 4.98 Å². The Hall–Kier alpha value is -3.42. The zero-order valence-corrected chi connectivity index (χ0v) is 21.6. The number of halogens is 1. The average molecular weight is 547 g/mol. The van der Waals surface area contributed by atoms with Crippen molar-refractivity contribution in [3.05, 3.63) is 111 Å². The SMILES string of the molecule is Cc1ccc(S(=O)(=O)NC(=O)c2ccc3[nH]c(C)c(Cc4ccc5ccccc5c4Br)c3c2)cc1. The number of benzene rings is 4. The molecule has 0 saturated carbocycles. The van der Waals surface area contributed by atoms with Gasteiger partial charge in [-0.2, -0.15) is 0 Å². The van der Waals surface area contributed by atoms with Crippen molar-refractivity contribution in [3.63, 3.8) is 0 Å². The molecule has 0 fully saturated rings. The van der Waals surface area contributed by atoms with E-state index in [1.807, 2.05) is 32.0 Å². The third kappa shape index (κ3) is 4.49. The molecular weight excluding hydrogens is 524 g/mol. The zero-order valence-electron chi connectivity index (χ0n) is 19.2. The van der Waals surface area contributed by atoms with Gasteiger partial charge in [0.2, 0.25) is 0 Å². The molecule has 0 radical (unpaired) electrons. The van der Waals surface area contributed by atoms with E-state index in [2.05, 4.69) is 49.9 Å². The fraction of sp³-hybridized carbons (Fsp3) is 0.107. The number of aryl methyl sites for hydroxylation is 2. The fourth-order valence-electron chi connectivity index (χ4n) is 4.31. The maximum Gasteiger partial charge on any atom is 0.265 e. The number of hydrogen-bond acceptors (Lipinski definition) is 3. The lowest BCUT2D eigenvalue weighted by molar-refractivity contribution is 0.0981. The summed E-state index contributed by atoms with van der Waals surface area (Å²) in [6.07, 6.45) is 0.657. The van der Waals surface area contributed by atoms with Gasteiger partial charge in [0.1, 0.15) is 0 Å². The van der Waals surface area contributed by atoms with E-state index in [9.17, 15) is 13.2 Å². The van der Waals surface area contributed by atoms with E-state index in [-0.39, 0.29) is 10.5 Å². The molecular formula is C28H23BrN2O3S. The summed E-state index contributed by atoms with van der Waals surface area (Å²) in [7, 11) is -3.97. The van der Waals surface area contributed by atoms with E-state index in [1.54, 1.807) is 24.3 Å². The number of H-pyrrole nitrogens is 1. The topological polar surface area (TPSA) is 79.0 Å². The molecule has 2 N–H and O–H groups in total. The molecule has 0 atom stereocenters. The second-order valence-electron chi connectivity index (χ2n) is 8.67. The van der Waals surface area contributed by atoms with Gasteiger partial charge in [-0.05, 0) is 82.0 Å². The first-order chi connectivity index (χ1) is 16.7. The molecule has 5 nitrogen and oxygen atoms in total. The highest BCUT2D eigenvalue weighted by molar-refractivity contribution is 9.10. The summed E-state index contributed by atoms with van der Waals surface area (Å²) >= 11 is 3.77. The van der Waals surface area contributed by atoms with Crippen LogP contribution in [-0.2, 0) is 16.4 Å². The number of carbonyl (C=O) groups is 1. The summed E-state index contributed by atoms with van der Waals surface area (Å²) in [6.45, 7) is 3.88. The molecule has 5 rings (SSSR count). The molecule has 0 aliphatic heterocycles. The zero-order chi connectivity index (χ0) is 24.7. The standard InChI is InChI=1S/C28H23BrN2O3S/c1-17-7-12-22(13-8-17)35(33,34)31-28(32)21-11-14-26-25(16-21)24(18(2)30-26)15-20-10-9-19-5-3-4-6-23(19)27(20)29/h3-14,16,30H,15H2,1-2H3,(H,31,32). The third-order valence-corrected chi connectivity index (χ3v) is 8.53. The van der Waals surface area contributed by atoms with Crippen molar-refractivity contribution in [1.82, 2.24) is 9.71 Å². The average Bonchev–Trinajstić information content (AvgIpc) is 3.15. The maximum absolute atomic E-state index is 12.9. The molecule has 1 amide bonds. The Labute approximate surface area is 212 Å². The van der Waals surface area contributed by atoms with E-state index < -0.39 is 15.9 Å². The molecule has 0 unspecified atom stereocenters. The van der Waals surface area contributed by atoms with Gasteiger partial charge in [-0.3, -0.25) is 4.79 Å². The Kier molecular flexibility index (Phi) is 5.99. The van der Waals surface area contributed by atoms with Crippen LogP contribution in [0.25, 0.3) is 21.7 Å². The predicted octanol–water partition coefficient (Wildman–Crippen LogP) is 6.41. The van der Waals surface area contributed by atoms with Crippen molar-refractivity contribution in [2.75, 3.05) is 0 Å². The Balaban J connectivity index is 1.48. The lowest BCUT2D eigenvalue weighted by Crippen LogP contribution is -2.30. The first-order valence-corrected chi connectivity index (χ1v) is 13.4. The normalized spacial score (nSPS) is 11.7. The molecule has 1 aromatic heterocycles. The van der Waals surface area contributed by atoms with Crippen LogP contribution in [0.2, 0.25) is 0 Å². The van der Waals surface area contributed by atoms with E-state index >= 15 is 0 Å². The summed E-state index contributed by atoms with van der Waals surface area (Å²) in [5.74, 6) is -0.663. The van der Waals surface area contributed by atoms with Crippen molar-refractivity contribution in [3.8, 4) is 0 Å². The molecule has 7 heteroatoms. The molecule has 176 valence electrons. The molecule has 5 aromatic rings. The van der Waals surface area contributed by atoms with Gasteiger partial charge in [0.25, 0.3) is 15.9 Å². The number of aromatic nitrogens is 1. The van der Waals surface area contributed by atoms with Gasteiger partial charge in [0.05, 0.1) is 4.90 Å². The van der Waals surface area contributed by atoms with Crippen molar-refractivity contribution in [2.24, 2.45) is 0 Å². The van der Waals surface area contributed by atoms with Gasteiger partial charge >= 0.3 is 0 Å². The Morgan fingerprint density at radius 2 is 1.66 bits per heavy atom. The molecule has 0 spiro atoms. The number of hydrogen-bond donors (Lipinski definition) is 2. The smallest absolute Gasteiger partial charge is 0.265 e. The van der Waals surface area contributed by atoms with Crippen LogP contribution in [0.5, 0.6) is 0 Å². The molecule has 4 aromatic carbocycles. The fourth-order valence-corrected chi connectivity index (χ4v) is 5.92. The Morgan fingerprint density at radius 3 is 2.43 bits per heavy atom. The summed E-state index contributed by atoms with van der Waals surface area (Å²) in [6, 6.07) is 24.0. The van der Waals surface area contributed by atoms with Crippen molar-refractivity contribution < 1.29 is 13.2 Å². The van der Waals surface area contributed by atoms with Gasteiger partial charge in [-0.25, -0.2) is 13.1 Å². The summed E-state index contributed by atoms with van der Waals surface area (Å²) in [4.78, 5) is 16.4. The largest absolute Gasteiger partial charge is 0.358 e. The highest BCUT2D eigenvalue weighted by Gasteiger charge is 2.20.